The van der Waals surface area contributed by atoms with Gasteiger partial charge in [0.05, 0.1) is 20.8 Å². The number of hydrogen-bond donors (Lipinski definition) is 4. The van der Waals surface area contributed by atoms with Crippen molar-refractivity contribution < 1.29 is 44.2 Å². The first kappa shape index (κ1) is 20.4. The van der Waals surface area contributed by atoms with E-state index in [1.807, 2.05) is 0 Å². The molecule has 146 valence electrons. The van der Waals surface area contributed by atoms with Gasteiger partial charge < -0.3 is 39.4 Å². The Bertz CT molecular complexity index is 604. The van der Waals surface area contributed by atoms with E-state index in [9.17, 15) is 25.2 Å². The molecule has 9 nitrogen and oxygen atoms in total. The van der Waals surface area contributed by atoms with Crippen molar-refractivity contribution >= 4 is 5.97 Å². The molecule has 0 saturated carbocycles. The highest BCUT2D eigenvalue weighted by Gasteiger charge is 2.44. The largest absolute Gasteiger partial charge is 0.497 e. The molecule has 1 aliphatic rings. The number of benzene rings is 1. The molecule has 1 aromatic carbocycles. The predicted octanol–water partition coefficient (Wildman–Crippen LogP) is -1.02. The van der Waals surface area contributed by atoms with E-state index in [1.54, 1.807) is 18.2 Å². The molecule has 0 aliphatic carbocycles. The summed E-state index contributed by atoms with van der Waals surface area (Å²) in [5.41, 5.74) is 0.633. The third-order valence-corrected chi connectivity index (χ3v) is 4.19. The van der Waals surface area contributed by atoms with Crippen molar-refractivity contribution in [2.24, 2.45) is 0 Å². The van der Waals surface area contributed by atoms with Gasteiger partial charge in [-0.25, -0.2) is 0 Å². The second kappa shape index (κ2) is 9.15. The van der Waals surface area contributed by atoms with Gasteiger partial charge in [0.25, 0.3) is 0 Å². The summed E-state index contributed by atoms with van der Waals surface area (Å²) in [6.45, 7) is -0.557. The highest BCUT2D eigenvalue weighted by Crippen LogP contribution is 2.30. The minimum Gasteiger partial charge on any atom is -0.497 e. The van der Waals surface area contributed by atoms with Gasteiger partial charge in [-0.3, -0.25) is 4.79 Å². The van der Waals surface area contributed by atoms with Crippen LogP contribution in [0, 0.1) is 0 Å². The molecule has 26 heavy (non-hydrogen) atoms. The molecule has 9 heteroatoms. The number of ether oxygens (including phenoxy) is 4. The summed E-state index contributed by atoms with van der Waals surface area (Å²) >= 11 is 0. The fraction of sp³-hybridized carbons (Fsp3) is 0.588. The van der Waals surface area contributed by atoms with Crippen LogP contribution < -0.4 is 9.47 Å². The van der Waals surface area contributed by atoms with Crippen LogP contribution in [0.1, 0.15) is 12.0 Å². The Labute approximate surface area is 150 Å². The number of carbonyl (C=O) groups is 1. The molecule has 1 aromatic rings. The van der Waals surface area contributed by atoms with Gasteiger partial charge >= 0.3 is 5.97 Å². The van der Waals surface area contributed by atoms with E-state index >= 15 is 0 Å². The normalized spacial score (nSPS) is 28.5. The molecule has 0 aromatic heterocycles. The van der Waals surface area contributed by atoms with E-state index in [0.29, 0.717) is 17.7 Å². The maximum absolute atomic E-state index is 11.4. The lowest BCUT2D eigenvalue weighted by molar-refractivity contribution is -0.277. The first-order valence-corrected chi connectivity index (χ1v) is 8.12. The predicted molar refractivity (Wildman–Crippen MR) is 87.7 cm³/mol. The molecule has 1 heterocycles. The zero-order chi connectivity index (χ0) is 19.3. The summed E-state index contributed by atoms with van der Waals surface area (Å²) in [6.07, 6.45) is -6.53. The molecule has 4 N–H and O–H groups in total. The van der Waals surface area contributed by atoms with Crippen molar-refractivity contribution in [3.63, 3.8) is 0 Å². The summed E-state index contributed by atoms with van der Waals surface area (Å²) in [7, 11) is 2.77. The first-order chi connectivity index (χ1) is 12.4. The molecule has 0 spiro atoms. The minimum atomic E-state index is -1.55. The van der Waals surface area contributed by atoms with Gasteiger partial charge in [0.1, 0.15) is 35.9 Å². The molecular formula is C17H24O9. The molecule has 1 saturated heterocycles. The smallest absolute Gasteiger partial charge is 0.305 e. The van der Waals surface area contributed by atoms with Crippen molar-refractivity contribution in [2.45, 2.75) is 43.5 Å². The van der Waals surface area contributed by atoms with Crippen LogP contribution in [0.5, 0.6) is 11.5 Å². The molecule has 0 radical (unpaired) electrons. The second-order valence-corrected chi connectivity index (χ2v) is 5.86. The monoisotopic (exact) mass is 372 g/mol. The highest BCUT2D eigenvalue weighted by molar-refractivity contribution is 5.69. The fourth-order valence-electron chi connectivity index (χ4n) is 2.61. The first-order valence-electron chi connectivity index (χ1n) is 8.12. The number of aliphatic hydroxyl groups excluding tert-OH is 4. The van der Waals surface area contributed by atoms with Gasteiger partial charge in [-0.15, -0.1) is 0 Å². The quantitative estimate of drug-likeness (QED) is 0.444. The van der Waals surface area contributed by atoms with Gasteiger partial charge in [-0.2, -0.15) is 0 Å². The lowest BCUT2D eigenvalue weighted by Gasteiger charge is -2.39. The maximum atomic E-state index is 11.4. The molecular weight excluding hydrogens is 348 g/mol. The van der Waals surface area contributed by atoms with Crippen LogP contribution in [0.3, 0.4) is 0 Å². The molecule has 5 atom stereocenters. The van der Waals surface area contributed by atoms with Crippen LogP contribution in [0.15, 0.2) is 18.2 Å². The van der Waals surface area contributed by atoms with Gasteiger partial charge in [-0.1, -0.05) is 6.07 Å². The average molecular weight is 372 g/mol. The molecule has 0 amide bonds. The average Bonchev–Trinajstić information content (AvgIpc) is 2.66. The minimum absolute atomic E-state index is 0.119. The lowest BCUT2D eigenvalue weighted by Crippen LogP contribution is -2.60. The highest BCUT2D eigenvalue weighted by atomic mass is 16.7. The fourth-order valence-corrected chi connectivity index (χ4v) is 2.61. The number of hydrogen-bond acceptors (Lipinski definition) is 9. The number of aliphatic hydroxyl groups is 4. The van der Waals surface area contributed by atoms with Gasteiger partial charge in [-0.05, 0) is 18.1 Å². The number of aryl methyl sites for hydroxylation is 1. The molecule has 0 bridgehead atoms. The van der Waals surface area contributed by atoms with Gasteiger partial charge in [0, 0.05) is 12.5 Å². The van der Waals surface area contributed by atoms with E-state index in [4.69, 9.17) is 14.2 Å². The van der Waals surface area contributed by atoms with E-state index in [2.05, 4.69) is 4.74 Å². The number of carbonyl (C=O) groups excluding carboxylic acids is 1. The van der Waals surface area contributed by atoms with E-state index in [0.717, 1.165) is 0 Å². The standard InChI is InChI=1S/C17H24O9/c1-23-10-5-3-9(4-6-13(19)24-2)11(7-10)25-17-16(22)15(21)14(20)12(8-18)26-17/h3,5,7,12,14-18,20-22H,4,6,8H2,1-2H3. The third-order valence-electron chi connectivity index (χ3n) is 4.19. The number of rotatable bonds is 7. The van der Waals surface area contributed by atoms with Crippen molar-refractivity contribution in [3.05, 3.63) is 23.8 Å². The van der Waals surface area contributed by atoms with E-state index < -0.39 is 37.3 Å². The van der Waals surface area contributed by atoms with Crippen LogP contribution in [-0.2, 0) is 20.7 Å². The molecule has 1 aliphatic heterocycles. The summed E-state index contributed by atoms with van der Waals surface area (Å²) in [6, 6.07) is 4.93. The Morgan fingerprint density at radius 1 is 1.15 bits per heavy atom. The van der Waals surface area contributed by atoms with E-state index in [-0.39, 0.29) is 18.1 Å². The summed E-state index contributed by atoms with van der Waals surface area (Å²) in [5, 5.41) is 39.1. The Hall–Kier alpha value is -1.91. The van der Waals surface area contributed by atoms with Crippen LogP contribution in [-0.4, -0.2) is 77.9 Å². The SMILES string of the molecule is COC(=O)CCc1ccc(OC)cc1OC1OC(CO)C(O)C(O)C1O. The van der Waals surface area contributed by atoms with Crippen LogP contribution in [0.25, 0.3) is 0 Å². The molecule has 2 rings (SSSR count). The summed E-state index contributed by atoms with van der Waals surface area (Å²) < 4.78 is 20.8. The number of esters is 1. The van der Waals surface area contributed by atoms with Crippen LogP contribution in [0.4, 0.5) is 0 Å². The Kier molecular flexibility index (Phi) is 7.18. The Balaban J connectivity index is 2.21. The maximum Gasteiger partial charge on any atom is 0.305 e. The Morgan fingerprint density at radius 3 is 2.50 bits per heavy atom. The zero-order valence-electron chi connectivity index (χ0n) is 14.6. The van der Waals surface area contributed by atoms with Crippen LogP contribution in [0.2, 0.25) is 0 Å². The second-order valence-electron chi connectivity index (χ2n) is 5.86. The topological polar surface area (TPSA) is 135 Å². The zero-order valence-corrected chi connectivity index (χ0v) is 14.6. The van der Waals surface area contributed by atoms with Gasteiger partial charge in [0.2, 0.25) is 6.29 Å². The lowest BCUT2D eigenvalue weighted by atomic mass is 9.99. The van der Waals surface area contributed by atoms with Crippen molar-refractivity contribution in [3.8, 4) is 11.5 Å². The number of methoxy groups -OCH3 is 2. The van der Waals surface area contributed by atoms with E-state index in [1.165, 1.54) is 14.2 Å². The summed E-state index contributed by atoms with van der Waals surface area (Å²) in [4.78, 5) is 11.4. The Morgan fingerprint density at radius 2 is 1.88 bits per heavy atom. The molecule has 5 unspecified atom stereocenters. The third kappa shape index (κ3) is 4.63. The van der Waals surface area contributed by atoms with Crippen molar-refractivity contribution in [1.29, 1.82) is 0 Å². The van der Waals surface area contributed by atoms with Crippen molar-refractivity contribution in [1.82, 2.24) is 0 Å². The van der Waals surface area contributed by atoms with Crippen molar-refractivity contribution in [2.75, 3.05) is 20.8 Å². The van der Waals surface area contributed by atoms with Crippen LogP contribution >= 0.6 is 0 Å². The van der Waals surface area contributed by atoms with Gasteiger partial charge in [0.15, 0.2) is 0 Å². The molecule has 1 fully saturated rings. The summed E-state index contributed by atoms with van der Waals surface area (Å²) in [5.74, 6) is 0.364.